The van der Waals surface area contributed by atoms with E-state index in [0.717, 1.165) is 34.6 Å². The molecule has 2 amide bonds. The molecule has 30 heavy (non-hydrogen) atoms. The largest absolute Gasteiger partial charge is 0.490 e. The number of benzene rings is 2. The van der Waals surface area contributed by atoms with Gasteiger partial charge in [0.1, 0.15) is 0 Å². The number of hydrogen-bond acceptors (Lipinski definition) is 6. The number of hydrogen-bond donors (Lipinski definition) is 1. The van der Waals surface area contributed by atoms with E-state index in [2.05, 4.69) is 5.32 Å². The van der Waals surface area contributed by atoms with Gasteiger partial charge in [-0.3, -0.25) is 19.3 Å². The molecule has 2 aromatic carbocycles. The topological polar surface area (TPSA) is 84.9 Å². The summed E-state index contributed by atoms with van der Waals surface area (Å²) in [6.45, 7) is 1.58. The van der Waals surface area contributed by atoms with Crippen LogP contribution in [0.2, 0.25) is 0 Å². The molecule has 0 aromatic heterocycles. The van der Waals surface area contributed by atoms with Gasteiger partial charge in [-0.1, -0.05) is 12.1 Å². The van der Waals surface area contributed by atoms with Crippen molar-refractivity contribution in [3.05, 3.63) is 64.7 Å². The zero-order valence-electron chi connectivity index (χ0n) is 16.3. The van der Waals surface area contributed by atoms with Crippen LogP contribution in [0.4, 0.5) is 0 Å². The van der Waals surface area contributed by atoms with E-state index in [9.17, 15) is 14.4 Å². The summed E-state index contributed by atoms with van der Waals surface area (Å²) in [5.74, 6) is 0.191. The normalized spacial score (nSPS) is 18.5. The summed E-state index contributed by atoms with van der Waals surface area (Å²) < 4.78 is 11.5. The number of amides is 2. The van der Waals surface area contributed by atoms with Gasteiger partial charge in [0.2, 0.25) is 0 Å². The van der Waals surface area contributed by atoms with Gasteiger partial charge in [0.05, 0.1) is 30.9 Å². The van der Waals surface area contributed by atoms with Gasteiger partial charge in [-0.2, -0.15) is 0 Å². The fraction of sp³-hybridized carbons (Fsp3) is 0.261. The van der Waals surface area contributed by atoms with E-state index in [1.807, 2.05) is 12.1 Å². The summed E-state index contributed by atoms with van der Waals surface area (Å²) in [5, 5.41) is 3.25. The Bertz CT molecular complexity index is 1070. The number of imide groups is 1. The van der Waals surface area contributed by atoms with Crippen LogP contribution >= 0.6 is 0 Å². The molecule has 152 valence electrons. The Balaban J connectivity index is 1.40. The number of rotatable bonds is 3. The van der Waals surface area contributed by atoms with Gasteiger partial charge < -0.3 is 14.8 Å². The van der Waals surface area contributed by atoms with E-state index < -0.39 is 11.8 Å². The Morgan fingerprint density at radius 1 is 1.00 bits per heavy atom. The molecule has 0 radical (unpaired) electrons. The smallest absolute Gasteiger partial charge is 0.261 e. The van der Waals surface area contributed by atoms with Gasteiger partial charge >= 0.3 is 0 Å². The first kappa shape index (κ1) is 18.4. The van der Waals surface area contributed by atoms with Crippen molar-refractivity contribution in [1.82, 2.24) is 10.2 Å². The van der Waals surface area contributed by atoms with Gasteiger partial charge in [0.15, 0.2) is 17.3 Å². The molecule has 0 atom stereocenters. The fourth-order valence-corrected chi connectivity index (χ4v) is 4.01. The first-order valence-electron chi connectivity index (χ1n) is 9.98. The minimum absolute atomic E-state index is 0.294. The van der Waals surface area contributed by atoms with Gasteiger partial charge in [0.25, 0.3) is 11.8 Å². The number of ketones is 1. The summed E-state index contributed by atoms with van der Waals surface area (Å²) in [7, 11) is 0. The highest BCUT2D eigenvalue weighted by molar-refractivity contribution is 6.22. The van der Waals surface area contributed by atoms with Crippen LogP contribution in [0.3, 0.4) is 0 Å². The summed E-state index contributed by atoms with van der Waals surface area (Å²) in [5.41, 5.74) is 3.28. The zero-order valence-corrected chi connectivity index (χ0v) is 16.3. The Hall–Kier alpha value is -3.61. The second-order valence-corrected chi connectivity index (χ2v) is 7.45. The predicted molar refractivity (Wildman–Crippen MR) is 109 cm³/mol. The molecular formula is C23H20N2O5. The zero-order chi connectivity index (χ0) is 20.7. The van der Waals surface area contributed by atoms with E-state index in [-0.39, 0.29) is 12.3 Å². The maximum absolute atomic E-state index is 12.7. The van der Waals surface area contributed by atoms with Gasteiger partial charge in [0, 0.05) is 30.3 Å². The molecule has 0 bridgehead atoms. The number of fused-ring (bicyclic) bond motifs is 3. The lowest BCUT2D eigenvalue weighted by Crippen LogP contribution is -2.34. The van der Waals surface area contributed by atoms with Gasteiger partial charge in [-0.05, 0) is 36.2 Å². The highest BCUT2D eigenvalue weighted by atomic mass is 16.5. The number of nitrogens with one attached hydrogen (secondary N) is 1. The van der Waals surface area contributed by atoms with Crippen molar-refractivity contribution in [2.45, 2.75) is 12.8 Å². The van der Waals surface area contributed by atoms with Crippen molar-refractivity contribution in [2.75, 3.05) is 26.3 Å². The first-order chi connectivity index (χ1) is 14.6. The van der Waals surface area contributed by atoms with Crippen LogP contribution in [0, 0.1) is 0 Å². The molecule has 0 saturated heterocycles. The Kier molecular flexibility index (Phi) is 4.50. The summed E-state index contributed by atoms with van der Waals surface area (Å²) in [6.07, 6.45) is 3.08. The molecule has 3 heterocycles. The maximum Gasteiger partial charge on any atom is 0.261 e. The van der Waals surface area contributed by atoms with E-state index in [4.69, 9.17) is 9.47 Å². The minimum Gasteiger partial charge on any atom is -0.490 e. The SMILES string of the molecule is O=C(C=C1NCCc2cc3c(cc21)OCCCO3)CN1C(=O)c2ccccc2C1=O. The highest BCUT2D eigenvalue weighted by Gasteiger charge is 2.36. The standard InChI is InChI=1S/C23H20N2O5/c26-15(13-25-22(27)16-4-1-2-5-17(16)23(25)28)11-19-18-12-21-20(29-8-3-9-30-21)10-14(18)6-7-24-19/h1-2,4-5,10-12,24H,3,6-9,13H2. The lowest BCUT2D eigenvalue weighted by Gasteiger charge is -2.23. The van der Waals surface area contributed by atoms with Crippen molar-refractivity contribution in [1.29, 1.82) is 0 Å². The minimum atomic E-state index is -0.435. The van der Waals surface area contributed by atoms with Crippen LogP contribution in [-0.2, 0) is 11.2 Å². The number of ether oxygens (including phenoxy) is 2. The van der Waals surface area contributed by atoms with Crippen LogP contribution in [0.1, 0.15) is 38.3 Å². The maximum atomic E-state index is 12.7. The van der Waals surface area contributed by atoms with E-state index in [0.29, 0.717) is 42.3 Å². The third-order valence-corrected chi connectivity index (χ3v) is 5.47. The average molecular weight is 404 g/mol. The lowest BCUT2D eigenvalue weighted by atomic mass is 9.96. The van der Waals surface area contributed by atoms with Crippen molar-refractivity contribution in [2.24, 2.45) is 0 Å². The molecule has 0 spiro atoms. The van der Waals surface area contributed by atoms with Crippen LogP contribution in [0.5, 0.6) is 11.5 Å². The fourth-order valence-electron chi connectivity index (χ4n) is 4.01. The number of carbonyl (C=O) groups is 3. The van der Waals surface area contributed by atoms with Crippen molar-refractivity contribution in [3.8, 4) is 11.5 Å². The molecule has 3 aliphatic rings. The second kappa shape index (κ2) is 7.33. The van der Waals surface area contributed by atoms with Crippen LogP contribution in [0.25, 0.3) is 5.70 Å². The summed E-state index contributed by atoms with van der Waals surface area (Å²) in [6, 6.07) is 10.5. The molecule has 7 heteroatoms. The molecule has 7 nitrogen and oxygen atoms in total. The quantitative estimate of drug-likeness (QED) is 0.624. The molecule has 5 rings (SSSR count). The highest BCUT2D eigenvalue weighted by Crippen LogP contribution is 2.36. The van der Waals surface area contributed by atoms with E-state index in [1.165, 1.54) is 6.08 Å². The molecule has 0 fully saturated rings. The lowest BCUT2D eigenvalue weighted by molar-refractivity contribution is -0.114. The van der Waals surface area contributed by atoms with Crippen molar-refractivity contribution in [3.63, 3.8) is 0 Å². The Labute approximate surface area is 173 Å². The molecule has 0 aliphatic carbocycles. The molecule has 3 aliphatic heterocycles. The number of nitrogens with zero attached hydrogens (tertiary/aromatic N) is 1. The molecule has 0 saturated carbocycles. The van der Waals surface area contributed by atoms with Crippen LogP contribution in [-0.4, -0.2) is 48.8 Å². The third kappa shape index (κ3) is 3.12. The monoisotopic (exact) mass is 404 g/mol. The van der Waals surface area contributed by atoms with Crippen LogP contribution in [0.15, 0.2) is 42.5 Å². The summed E-state index contributed by atoms with van der Waals surface area (Å²) in [4.78, 5) is 38.8. The van der Waals surface area contributed by atoms with E-state index >= 15 is 0 Å². The summed E-state index contributed by atoms with van der Waals surface area (Å²) >= 11 is 0. The van der Waals surface area contributed by atoms with E-state index in [1.54, 1.807) is 24.3 Å². The Morgan fingerprint density at radius 3 is 2.37 bits per heavy atom. The molecule has 2 aromatic rings. The molecular weight excluding hydrogens is 384 g/mol. The molecule has 1 N–H and O–H groups in total. The average Bonchev–Trinajstić information content (AvgIpc) is 2.91. The van der Waals surface area contributed by atoms with Gasteiger partial charge in [-0.25, -0.2) is 0 Å². The van der Waals surface area contributed by atoms with Crippen molar-refractivity contribution >= 4 is 23.3 Å². The third-order valence-electron chi connectivity index (χ3n) is 5.47. The van der Waals surface area contributed by atoms with Gasteiger partial charge in [-0.15, -0.1) is 0 Å². The van der Waals surface area contributed by atoms with Crippen LogP contribution < -0.4 is 14.8 Å². The van der Waals surface area contributed by atoms with Crippen molar-refractivity contribution < 1.29 is 23.9 Å². The Morgan fingerprint density at radius 2 is 1.67 bits per heavy atom. The number of carbonyl (C=O) groups excluding carboxylic acids is 3. The first-order valence-corrected chi connectivity index (χ1v) is 9.98. The predicted octanol–water partition coefficient (Wildman–Crippen LogP) is 2.20. The second-order valence-electron chi connectivity index (χ2n) is 7.45. The molecule has 0 unspecified atom stereocenters.